The third-order valence-corrected chi connectivity index (χ3v) is 3.91. The highest BCUT2D eigenvalue weighted by Crippen LogP contribution is 2.19. The van der Waals surface area contributed by atoms with E-state index >= 15 is 0 Å². The predicted molar refractivity (Wildman–Crippen MR) is 87.3 cm³/mol. The molecule has 0 spiro atoms. The van der Waals surface area contributed by atoms with Gasteiger partial charge in [0.15, 0.2) is 0 Å². The summed E-state index contributed by atoms with van der Waals surface area (Å²) in [5.74, 6) is 1.14. The van der Waals surface area contributed by atoms with Gasteiger partial charge in [0.2, 0.25) is 0 Å². The SMILES string of the molecule is CCCNC(CCC)c1ccn(CCc2nccn2C)c1. The zero-order chi connectivity index (χ0) is 15.1. The standard InChI is InChI=1S/C17H28N4/c1-4-6-16(18-9-5-2)15-7-11-21(14-15)12-8-17-19-10-13-20(17)3/h7,10-11,13-14,16,18H,4-6,8-9,12H2,1-3H3. The minimum absolute atomic E-state index is 0.490. The van der Waals surface area contributed by atoms with E-state index in [2.05, 4.69) is 58.8 Å². The van der Waals surface area contributed by atoms with Gasteiger partial charge in [0, 0.05) is 50.8 Å². The van der Waals surface area contributed by atoms with Crippen molar-refractivity contribution >= 4 is 0 Å². The van der Waals surface area contributed by atoms with Crippen LogP contribution in [-0.4, -0.2) is 20.7 Å². The molecule has 4 heteroatoms. The fraction of sp³-hybridized carbons (Fsp3) is 0.588. The Hall–Kier alpha value is -1.55. The van der Waals surface area contributed by atoms with Crippen molar-refractivity contribution in [2.45, 2.75) is 52.1 Å². The van der Waals surface area contributed by atoms with Gasteiger partial charge in [-0.15, -0.1) is 0 Å². The number of nitrogens with one attached hydrogen (secondary N) is 1. The minimum atomic E-state index is 0.490. The molecule has 116 valence electrons. The molecule has 0 saturated carbocycles. The smallest absolute Gasteiger partial charge is 0.110 e. The van der Waals surface area contributed by atoms with Crippen molar-refractivity contribution in [2.24, 2.45) is 7.05 Å². The summed E-state index contributed by atoms with van der Waals surface area (Å²) in [6.45, 7) is 6.54. The molecule has 0 aliphatic carbocycles. The lowest BCUT2D eigenvalue weighted by atomic mass is 10.1. The van der Waals surface area contributed by atoms with Crippen molar-refractivity contribution in [3.63, 3.8) is 0 Å². The van der Waals surface area contributed by atoms with Gasteiger partial charge in [0.25, 0.3) is 0 Å². The van der Waals surface area contributed by atoms with Crippen LogP contribution in [0.2, 0.25) is 0 Å². The number of imidazole rings is 1. The van der Waals surface area contributed by atoms with Crippen LogP contribution in [0.1, 0.15) is 50.5 Å². The fourth-order valence-electron chi connectivity index (χ4n) is 2.66. The van der Waals surface area contributed by atoms with Crippen LogP contribution >= 0.6 is 0 Å². The summed E-state index contributed by atoms with van der Waals surface area (Å²) in [6, 6.07) is 2.74. The van der Waals surface area contributed by atoms with Gasteiger partial charge in [-0.25, -0.2) is 4.98 Å². The van der Waals surface area contributed by atoms with E-state index in [1.807, 2.05) is 12.4 Å². The van der Waals surface area contributed by atoms with E-state index in [-0.39, 0.29) is 0 Å². The molecule has 21 heavy (non-hydrogen) atoms. The zero-order valence-electron chi connectivity index (χ0n) is 13.5. The summed E-state index contributed by atoms with van der Waals surface area (Å²) >= 11 is 0. The van der Waals surface area contributed by atoms with Gasteiger partial charge in [-0.1, -0.05) is 20.3 Å². The van der Waals surface area contributed by atoms with E-state index in [1.54, 1.807) is 0 Å². The first-order chi connectivity index (χ1) is 10.2. The number of hydrogen-bond donors (Lipinski definition) is 1. The molecule has 1 unspecified atom stereocenters. The van der Waals surface area contributed by atoms with Gasteiger partial charge >= 0.3 is 0 Å². The van der Waals surface area contributed by atoms with Crippen LogP contribution in [-0.2, 0) is 20.0 Å². The summed E-state index contributed by atoms with van der Waals surface area (Å²) in [5.41, 5.74) is 1.41. The van der Waals surface area contributed by atoms with Crippen LogP contribution in [0.4, 0.5) is 0 Å². The molecule has 2 heterocycles. The maximum absolute atomic E-state index is 4.38. The molecule has 0 aromatic carbocycles. The number of rotatable bonds is 9. The van der Waals surface area contributed by atoms with Crippen molar-refractivity contribution in [2.75, 3.05) is 6.54 Å². The Kier molecular flexibility index (Phi) is 6.05. The van der Waals surface area contributed by atoms with Crippen molar-refractivity contribution in [1.82, 2.24) is 19.4 Å². The summed E-state index contributed by atoms with van der Waals surface area (Å²) in [5, 5.41) is 3.65. The fourth-order valence-corrected chi connectivity index (χ4v) is 2.66. The molecule has 2 aromatic rings. The summed E-state index contributed by atoms with van der Waals surface area (Å²) < 4.78 is 4.37. The largest absolute Gasteiger partial charge is 0.353 e. The average Bonchev–Trinajstić information content (AvgIpc) is 3.10. The Morgan fingerprint density at radius 1 is 1.24 bits per heavy atom. The number of aromatic nitrogens is 3. The number of nitrogens with zero attached hydrogens (tertiary/aromatic N) is 3. The molecule has 0 fully saturated rings. The van der Waals surface area contributed by atoms with Gasteiger partial charge in [0.1, 0.15) is 5.82 Å². The molecule has 0 amide bonds. The van der Waals surface area contributed by atoms with Gasteiger partial charge in [-0.05, 0) is 31.0 Å². The normalized spacial score (nSPS) is 12.7. The summed E-state index contributed by atoms with van der Waals surface area (Å²) in [4.78, 5) is 4.38. The topological polar surface area (TPSA) is 34.8 Å². The Morgan fingerprint density at radius 3 is 2.76 bits per heavy atom. The first-order valence-corrected chi connectivity index (χ1v) is 8.09. The Morgan fingerprint density at radius 2 is 2.10 bits per heavy atom. The maximum Gasteiger partial charge on any atom is 0.110 e. The van der Waals surface area contributed by atoms with E-state index in [9.17, 15) is 0 Å². The molecule has 2 rings (SSSR count). The lowest BCUT2D eigenvalue weighted by Gasteiger charge is -2.16. The maximum atomic E-state index is 4.38. The third kappa shape index (κ3) is 4.46. The average molecular weight is 288 g/mol. The van der Waals surface area contributed by atoms with Crippen LogP contribution in [0, 0.1) is 0 Å². The molecule has 0 aliphatic heterocycles. The molecule has 0 radical (unpaired) electrons. The van der Waals surface area contributed by atoms with Crippen LogP contribution in [0.15, 0.2) is 30.9 Å². The minimum Gasteiger partial charge on any atom is -0.353 e. The quantitative estimate of drug-likeness (QED) is 0.768. The third-order valence-electron chi connectivity index (χ3n) is 3.91. The van der Waals surface area contributed by atoms with Crippen LogP contribution in [0.5, 0.6) is 0 Å². The molecule has 0 aliphatic rings. The molecule has 1 atom stereocenters. The zero-order valence-corrected chi connectivity index (χ0v) is 13.5. The van der Waals surface area contributed by atoms with Crippen LogP contribution in [0.25, 0.3) is 0 Å². The second-order valence-corrected chi connectivity index (χ2v) is 5.68. The molecular formula is C17H28N4. The molecule has 2 aromatic heterocycles. The highest BCUT2D eigenvalue weighted by molar-refractivity contribution is 5.15. The Balaban J connectivity index is 1.94. The highest BCUT2D eigenvalue weighted by Gasteiger charge is 2.11. The van der Waals surface area contributed by atoms with Crippen molar-refractivity contribution in [3.05, 3.63) is 42.2 Å². The van der Waals surface area contributed by atoms with Gasteiger partial charge in [0.05, 0.1) is 0 Å². The predicted octanol–water partition coefficient (Wildman–Crippen LogP) is 3.31. The number of hydrogen-bond acceptors (Lipinski definition) is 2. The molecular weight excluding hydrogens is 260 g/mol. The molecule has 0 bridgehead atoms. The van der Waals surface area contributed by atoms with E-state index in [0.29, 0.717) is 6.04 Å². The second-order valence-electron chi connectivity index (χ2n) is 5.68. The second kappa shape index (κ2) is 8.03. The van der Waals surface area contributed by atoms with Crippen LogP contribution < -0.4 is 5.32 Å². The van der Waals surface area contributed by atoms with E-state index < -0.39 is 0 Å². The van der Waals surface area contributed by atoms with Gasteiger partial charge in [-0.3, -0.25) is 0 Å². The highest BCUT2D eigenvalue weighted by atomic mass is 15.0. The van der Waals surface area contributed by atoms with Crippen molar-refractivity contribution in [3.8, 4) is 0 Å². The monoisotopic (exact) mass is 288 g/mol. The van der Waals surface area contributed by atoms with E-state index in [0.717, 1.165) is 25.3 Å². The summed E-state index contributed by atoms with van der Waals surface area (Å²) in [7, 11) is 2.05. The lowest BCUT2D eigenvalue weighted by molar-refractivity contribution is 0.493. The lowest BCUT2D eigenvalue weighted by Crippen LogP contribution is -2.21. The van der Waals surface area contributed by atoms with Gasteiger partial charge < -0.3 is 14.5 Å². The Labute approximate surface area is 128 Å². The molecule has 1 N–H and O–H groups in total. The van der Waals surface area contributed by atoms with E-state index in [4.69, 9.17) is 0 Å². The van der Waals surface area contributed by atoms with Gasteiger partial charge in [-0.2, -0.15) is 0 Å². The first kappa shape index (κ1) is 15.8. The van der Waals surface area contributed by atoms with Crippen molar-refractivity contribution < 1.29 is 0 Å². The first-order valence-electron chi connectivity index (χ1n) is 8.09. The molecule has 4 nitrogen and oxygen atoms in total. The Bertz CT molecular complexity index is 526. The summed E-state index contributed by atoms with van der Waals surface area (Å²) in [6.07, 6.45) is 12.9. The van der Waals surface area contributed by atoms with Crippen molar-refractivity contribution in [1.29, 1.82) is 0 Å². The van der Waals surface area contributed by atoms with E-state index in [1.165, 1.54) is 24.8 Å². The number of aryl methyl sites for hydroxylation is 3. The van der Waals surface area contributed by atoms with Crippen LogP contribution in [0.3, 0.4) is 0 Å². The molecule has 0 saturated heterocycles.